The molecule has 0 spiro atoms. The minimum absolute atomic E-state index is 0.0294. The van der Waals surface area contributed by atoms with E-state index in [1.807, 2.05) is 0 Å². The van der Waals surface area contributed by atoms with Gasteiger partial charge in [0.15, 0.2) is 11.3 Å². The summed E-state index contributed by atoms with van der Waals surface area (Å²) in [6, 6.07) is 7.10. The summed E-state index contributed by atoms with van der Waals surface area (Å²) in [6.45, 7) is 0. The Bertz CT molecular complexity index is 848. The number of hydrogen-bond donors (Lipinski definition) is 2. The number of phenols is 2. The van der Waals surface area contributed by atoms with Crippen LogP contribution in [0.25, 0.3) is 21.9 Å². The van der Waals surface area contributed by atoms with Crippen LogP contribution in [0.2, 0.25) is 0 Å². The second-order valence-electron chi connectivity index (χ2n) is 4.10. The van der Waals surface area contributed by atoms with Crippen molar-refractivity contribution in [3.8, 4) is 17.2 Å². The average molecular weight is 258 g/mol. The maximum Gasteiger partial charge on any atom is 0.204 e. The molecular formula is C14H10O5. The van der Waals surface area contributed by atoms with Crippen molar-refractivity contribution in [3.63, 3.8) is 0 Å². The number of hydrogen-bond acceptors (Lipinski definition) is 5. The molecule has 0 aliphatic carbocycles. The van der Waals surface area contributed by atoms with Crippen LogP contribution in [0, 0.1) is 0 Å². The number of aromatic hydroxyl groups is 2. The molecule has 0 saturated carbocycles. The molecule has 0 atom stereocenters. The molecule has 3 rings (SSSR count). The summed E-state index contributed by atoms with van der Waals surface area (Å²) in [6.07, 6.45) is 0. The molecule has 2 N–H and O–H groups in total. The highest BCUT2D eigenvalue weighted by atomic mass is 16.5. The molecule has 0 saturated heterocycles. The molecule has 1 aromatic heterocycles. The van der Waals surface area contributed by atoms with Crippen molar-refractivity contribution in [2.75, 3.05) is 7.11 Å². The van der Waals surface area contributed by atoms with Gasteiger partial charge in [0.1, 0.15) is 22.5 Å². The Hall–Kier alpha value is -2.69. The maximum absolute atomic E-state index is 12.4. The lowest BCUT2D eigenvalue weighted by molar-refractivity contribution is 0.416. The van der Waals surface area contributed by atoms with Crippen LogP contribution in [0.15, 0.2) is 39.5 Å². The molecule has 19 heavy (non-hydrogen) atoms. The first-order valence-electron chi connectivity index (χ1n) is 5.57. The van der Waals surface area contributed by atoms with Gasteiger partial charge in [-0.05, 0) is 30.3 Å². The van der Waals surface area contributed by atoms with E-state index in [-0.39, 0.29) is 33.3 Å². The van der Waals surface area contributed by atoms with Gasteiger partial charge in [0.2, 0.25) is 5.43 Å². The monoisotopic (exact) mass is 258 g/mol. The largest absolute Gasteiger partial charge is 0.508 e. The zero-order chi connectivity index (χ0) is 13.6. The molecule has 0 unspecified atom stereocenters. The quantitative estimate of drug-likeness (QED) is 0.655. The van der Waals surface area contributed by atoms with Gasteiger partial charge in [-0.15, -0.1) is 0 Å². The molecule has 2 aromatic carbocycles. The fraction of sp³-hybridized carbons (Fsp3) is 0.0714. The third kappa shape index (κ3) is 1.59. The van der Waals surface area contributed by atoms with E-state index < -0.39 is 0 Å². The summed E-state index contributed by atoms with van der Waals surface area (Å²) in [5.74, 6) is 0.146. The lowest BCUT2D eigenvalue weighted by atomic mass is 10.1. The Morgan fingerprint density at radius 1 is 1.16 bits per heavy atom. The van der Waals surface area contributed by atoms with E-state index >= 15 is 0 Å². The smallest absolute Gasteiger partial charge is 0.204 e. The lowest BCUT2D eigenvalue weighted by Gasteiger charge is -2.07. The minimum Gasteiger partial charge on any atom is -0.508 e. The molecule has 0 aliphatic rings. The first-order valence-corrected chi connectivity index (χ1v) is 5.57. The summed E-state index contributed by atoms with van der Waals surface area (Å²) in [7, 11) is 1.43. The van der Waals surface area contributed by atoms with E-state index in [1.54, 1.807) is 0 Å². The lowest BCUT2D eigenvalue weighted by Crippen LogP contribution is -2.04. The molecule has 3 aromatic rings. The highest BCUT2D eigenvalue weighted by Crippen LogP contribution is 2.32. The Labute approximate surface area is 107 Å². The molecule has 0 amide bonds. The fourth-order valence-corrected chi connectivity index (χ4v) is 2.07. The van der Waals surface area contributed by atoms with Crippen molar-refractivity contribution in [2.24, 2.45) is 0 Å². The van der Waals surface area contributed by atoms with Gasteiger partial charge in [-0.1, -0.05) is 0 Å². The first kappa shape index (κ1) is 11.4. The number of ether oxygens (including phenoxy) is 1. The Morgan fingerprint density at radius 2 is 1.95 bits per heavy atom. The van der Waals surface area contributed by atoms with Gasteiger partial charge in [-0.3, -0.25) is 4.79 Å². The third-order valence-corrected chi connectivity index (χ3v) is 2.97. The number of rotatable bonds is 1. The highest BCUT2D eigenvalue weighted by Gasteiger charge is 2.15. The van der Waals surface area contributed by atoms with Crippen LogP contribution in [0.4, 0.5) is 0 Å². The Kier molecular flexibility index (Phi) is 2.35. The second kappa shape index (κ2) is 3.91. The predicted octanol–water partition coefficient (Wildman–Crippen LogP) is 2.37. The molecule has 5 nitrogen and oxygen atoms in total. The topological polar surface area (TPSA) is 79.9 Å². The van der Waals surface area contributed by atoms with Gasteiger partial charge in [0, 0.05) is 0 Å². The van der Waals surface area contributed by atoms with E-state index in [9.17, 15) is 15.0 Å². The second-order valence-corrected chi connectivity index (χ2v) is 4.10. The zero-order valence-corrected chi connectivity index (χ0v) is 10.0. The summed E-state index contributed by atoms with van der Waals surface area (Å²) < 4.78 is 10.6. The van der Waals surface area contributed by atoms with E-state index in [0.717, 1.165) is 0 Å². The van der Waals surface area contributed by atoms with E-state index in [2.05, 4.69) is 0 Å². The van der Waals surface area contributed by atoms with Gasteiger partial charge in [-0.25, -0.2) is 0 Å². The number of benzene rings is 2. The Morgan fingerprint density at radius 3 is 2.68 bits per heavy atom. The number of fused-ring (bicyclic) bond motifs is 2. The molecule has 0 aliphatic heterocycles. The fourth-order valence-electron chi connectivity index (χ4n) is 2.07. The molecule has 96 valence electrons. The predicted molar refractivity (Wildman–Crippen MR) is 69.9 cm³/mol. The first-order chi connectivity index (χ1) is 9.11. The molecule has 0 radical (unpaired) electrons. The highest BCUT2D eigenvalue weighted by molar-refractivity contribution is 5.96. The summed E-state index contributed by atoms with van der Waals surface area (Å²) in [5, 5.41) is 19.6. The zero-order valence-electron chi connectivity index (χ0n) is 10.0. The van der Waals surface area contributed by atoms with Crippen molar-refractivity contribution in [1.29, 1.82) is 0 Å². The van der Waals surface area contributed by atoms with E-state index in [4.69, 9.17) is 9.15 Å². The van der Waals surface area contributed by atoms with E-state index in [1.165, 1.54) is 37.4 Å². The standard InChI is InChI=1S/C14H10O5/c1-18-11-5-3-9(16)14-12(11)13(17)8-6-7(15)2-4-10(8)19-14/h2-6,15-16H,1H3. The molecule has 0 fully saturated rings. The van der Waals surface area contributed by atoms with Crippen LogP contribution in [0.5, 0.6) is 17.2 Å². The van der Waals surface area contributed by atoms with Gasteiger partial charge in [0.05, 0.1) is 12.5 Å². The summed E-state index contributed by atoms with van der Waals surface area (Å²) >= 11 is 0. The van der Waals surface area contributed by atoms with Gasteiger partial charge >= 0.3 is 0 Å². The Balaban J connectivity index is 2.61. The van der Waals surface area contributed by atoms with Crippen molar-refractivity contribution < 1.29 is 19.4 Å². The van der Waals surface area contributed by atoms with Crippen molar-refractivity contribution in [3.05, 3.63) is 40.6 Å². The van der Waals surface area contributed by atoms with Crippen LogP contribution in [0.3, 0.4) is 0 Å². The van der Waals surface area contributed by atoms with Crippen LogP contribution in [0.1, 0.15) is 0 Å². The van der Waals surface area contributed by atoms with E-state index in [0.29, 0.717) is 11.3 Å². The van der Waals surface area contributed by atoms with Crippen molar-refractivity contribution in [2.45, 2.75) is 0 Å². The number of phenolic OH excluding ortho intramolecular Hbond substituents is 2. The molecular weight excluding hydrogens is 248 g/mol. The van der Waals surface area contributed by atoms with Crippen LogP contribution in [-0.4, -0.2) is 17.3 Å². The van der Waals surface area contributed by atoms with Gasteiger partial charge < -0.3 is 19.4 Å². The summed E-state index contributed by atoms with van der Waals surface area (Å²) in [5.41, 5.74) is 0.00120. The van der Waals surface area contributed by atoms with Gasteiger partial charge in [-0.2, -0.15) is 0 Å². The molecule has 1 heterocycles. The minimum atomic E-state index is -0.361. The molecule has 0 bridgehead atoms. The third-order valence-electron chi connectivity index (χ3n) is 2.97. The van der Waals surface area contributed by atoms with Crippen molar-refractivity contribution >= 4 is 21.9 Å². The normalized spacial score (nSPS) is 11.0. The SMILES string of the molecule is COc1ccc(O)c2oc3ccc(O)cc3c(=O)c12. The van der Waals surface area contributed by atoms with Crippen LogP contribution < -0.4 is 10.2 Å². The van der Waals surface area contributed by atoms with Crippen molar-refractivity contribution in [1.82, 2.24) is 0 Å². The van der Waals surface area contributed by atoms with Crippen LogP contribution >= 0.6 is 0 Å². The van der Waals surface area contributed by atoms with Crippen LogP contribution in [-0.2, 0) is 0 Å². The molecule has 5 heteroatoms. The maximum atomic E-state index is 12.4. The average Bonchev–Trinajstić information content (AvgIpc) is 2.41. The summed E-state index contributed by atoms with van der Waals surface area (Å²) in [4.78, 5) is 12.4. The van der Waals surface area contributed by atoms with Gasteiger partial charge in [0.25, 0.3) is 0 Å². The number of methoxy groups -OCH3 is 1.